The molecule has 0 aromatic heterocycles. The smallest absolute Gasteiger partial charge is 0.0209 e. The fourth-order valence-electron chi connectivity index (χ4n) is 2.14. The van der Waals surface area contributed by atoms with Gasteiger partial charge < -0.3 is 10.2 Å². The van der Waals surface area contributed by atoms with Crippen LogP contribution >= 0.6 is 11.8 Å². The number of nitrogens with zero attached hydrogens (tertiary/aromatic N) is 1. The van der Waals surface area contributed by atoms with Crippen LogP contribution in [-0.2, 0) is 0 Å². The van der Waals surface area contributed by atoms with E-state index in [0.29, 0.717) is 0 Å². The molecule has 1 aliphatic heterocycles. The van der Waals surface area contributed by atoms with Crippen LogP contribution in [0.1, 0.15) is 33.6 Å². The first-order chi connectivity index (χ1) is 7.59. The molecule has 0 spiro atoms. The number of thioether (sulfide) groups is 1. The second-order valence-electron chi connectivity index (χ2n) is 5.50. The maximum Gasteiger partial charge on any atom is 0.0209 e. The molecule has 0 aromatic rings. The first-order valence-corrected chi connectivity index (χ1v) is 7.76. The molecule has 1 saturated heterocycles. The third kappa shape index (κ3) is 5.55. The summed E-state index contributed by atoms with van der Waals surface area (Å²) in [6.45, 7) is 9.32. The molecular weight excluding hydrogens is 216 g/mol. The highest BCUT2D eigenvalue weighted by Crippen LogP contribution is 2.14. The fraction of sp³-hybridized carbons (Fsp3) is 1.00. The summed E-state index contributed by atoms with van der Waals surface area (Å²) in [6.07, 6.45) is 2.63. The summed E-state index contributed by atoms with van der Waals surface area (Å²) in [4.78, 5) is 2.45. The van der Waals surface area contributed by atoms with Crippen molar-refractivity contribution in [2.45, 2.75) is 45.7 Å². The highest BCUT2D eigenvalue weighted by molar-refractivity contribution is 7.99. The van der Waals surface area contributed by atoms with Crippen LogP contribution in [-0.4, -0.2) is 48.6 Å². The van der Waals surface area contributed by atoms with Gasteiger partial charge in [-0.15, -0.1) is 0 Å². The predicted molar refractivity (Wildman–Crippen MR) is 75.3 cm³/mol. The van der Waals surface area contributed by atoms with Crippen molar-refractivity contribution in [1.82, 2.24) is 10.2 Å². The molecule has 2 unspecified atom stereocenters. The van der Waals surface area contributed by atoms with E-state index in [1.54, 1.807) is 0 Å². The Morgan fingerprint density at radius 2 is 2.19 bits per heavy atom. The first kappa shape index (κ1) is 14.3. The van der Waals surface area contributed by atoms with Crippen LogP contribution in [0.2, 0.25) is 0 Å². The zero-order valence-corrected chi connectivity index (χ0v) is 12.1. The standard InChI is InChI=1S/C13H28N2S/c1-11(2)10-16-7-5-6-14-13-8-12(3)15(4)9-13/h11-14H,5-10H2,1-4H3. The van der Waals surface area contributed by atoms with Crippen LogP contribution in [0.4, 0.5) is 0 Å². The van der Waals surface area contributed by atoms with Gasteiger partial charge in [-0.25, -0.2) is 0 Å². The molecule has 0 amide bonds. The Morgan fingerprint density at radius 3 is 2.75 bits per heavy atom. The van der Waals surface area contributed by atoms with Crippen LogP contribution in [0.15, 0.2) is 0 Å². The Balaban J connectivity index is 1.92. The number of hydrogen-bond acceptors (Lipinski definition) is 3. The van der Waals surface area contributed by atoms with E-state index in [2.05, 4.69) is 49.8 Å². The highest BCUT2D eigenvalue weighted by atomic mass is 32.2. The van der Waals surface area contributed by atoms with Crippen LogP contribution in [0, 0.1) is 5.92 Å². The molecule has 0 bridgehead atoms. The molecule has 0 aliphatic carbocycles. The van der Waals surface area contributed by atoms with Crippen molar-refractivity contribution in [3.05, 3.63) is 0 Å². The maximum absolute atomic E-state index is 3.68. The molecule has 1 fully saturated rings. The summed E-state index contributed by atoms with van der Waals surface area (Å²) in [5.74, 6) is 3.45. The van der Waals surface area contributed by atoms with Gasteiger partial charge in [0.1, 0.15) is 0 Å². The minimum absolute atomic E-state index is 0.732. The fourth-order valence-corrected chi connectivity index (χ4v) is 3.13. The van der Waals surface area contributed by atoms with E-state index in [0.717, 1.165) is 18.0 Å². The van der Waals surface area contributed by atoms with E-state index >= 15 is 0 Å². The quantitative estimate of drug-likeness (QED) is 0.693. The molecule has 2 atom stereocenters. The molecule has 1 N–H and O–H groups in total. The minimum Gasteiger partial charge on any atom is -0.313 e. The van der Waals surface area contributed by atoms with Gasteiger partial charge in [-0.05, 0) is 50.8 Å². The summed E-state index contributed by atoms with van der Waals surface area (Å²) in [5.41, 5.74) is 0. The number of likely N-dealkylation sites (N-methyl/N-ethyl adjacent to an activating group) is 1. The zero-order valence-electron chi connectivity index (χ0n) is 11.3. The van der Waals surface area contributed by atoms with E-state index in [1.807, 2.05) is 0 Å². The van der Waals surface area contributed by atoms with E-state index < -0.39 is 0 Å². The van der Waals surface area contributed by atoms with Gasteiger partial charge in [0.2, 0.25) is 0 Å². The molecule has 2 nitrogen and oxygen atoms in total. The Bertz CT molecular complexity index is 175. The average molecular weight is 244 g/mol. The number of nitrogens with one attached hydrogen (secondary N) is 1. The SMILES string of the molecule is CC(C)CSCCCNC1CC(C)N(C)C1. The average Bonchev–Trinajstić information content (AvgIpc) is 2.52. The zero-order chi connectivity index (χ0) is 12.0. The second-order valence-corrected chi connectivity index (χ2v) is 6.65. The third-order valence-electron chi connectivity index (χ3n) is 3.24. The van der Waals surface area contributed by atoms with Gasteiger partial charge >= 0.3 is 0 Å². The summed E-state index contributed by atoms with van der Waals surface area (Å²) in [6, 6.07) is 1.49. The predicted octanol–water partition coefficient (Wildman–Crippen LogP) is 2.45. The molecule has 0 saturated carbocycles. The van der Waals surface area contributed by atoms with Gasteiger partial charge in [-0.3, -0.25) is 0 Å². The molecule has 0 aromatic carbocycles. The molecule has 96 valence electrons. The van der Waals surface area contributed by atoms with Crippen LogP contribution < -0.4 is 5.32 Å². The van der Waals surface area contributed by atoms with E-state index in [4.69, 9.17) is 0 Å². The Hall–Kier alpha value is 0.270. The van der Waals surface area contributed by atoms with Gasteiger partial charge in [0.15, 0.2) is 0 Å². The van der Waals surface area contributed by atoms with Crippen LogP contribution in [0.3, 0.4) is 0 Å². The van der Waals surface area contributed by atoms with Gasteiger partial charge in [0.25, 0.3) is 0 Å². The van der Waals surface area contributed by atoms with Gasteiger partial charge in [0, 0.05) is 18.6 Å². The Kier molecular flexibility index (Phi) is 6.78. The summed E-state index contributed by atoms with van der Waals surface area (Å²) >= 11 is 2.09. The van der Waals surface area contributed by atoms with Crippen molar-refractivity contribution >= 4 is 11.8 Å². The van der Waals surface area contributed by atoms with Crippen LogP contribution in [0.5, 0.6) is 0 Å². The van der Waals surface area contributed by atoms with E-state index in [9.17, 15) is 0 Å². The maximum atomic E-state index is 3.68. The summed E-state index contributed by atoms with van der Waals surface area (Å²) in [5, 5.41) is 3.68. The van der Waals surface area contributed by atoms with Gasteiger partial charge in [0.05, 0.1) is 0 Å². The molecule has 0 radical (unpaired) electrons. The number of rotatable bonds is 7. The lowest BCUT2D eigenvalue weighted by Crippen LogP contribution is -2.32. The number of hydrogen-bond donors (Lipinski definition) is 1. The largest absolute Gasteiger partial charge is 0.313 e. The van der Waals surface area contributed by atoms with E-state index in [1.165, 1.54) is 37.4 Å². The Morgan fingerprint density at radius 1 is 1.44 bits per heavy atom. The molecule has 16 heavy (non-hydrogen) atoms. The lowest BCUT2D eigenvalue weighted by molar-refractivity contribution is 0.327. The summed E-state index contributed by atoms with van der Waals surface area (Å²) in [7, 11) is 2.23. The first-order valence-electron chi connectivity index (χ1n) is 6.61. The normalized spacial score (nSPS) is 26.8. The van der Waals surface area contributed by atoms with Crippen molar-refractivity contribution in [2.75, 3.05) is 31.6 Å². The van der Waals surface area contributed by atoms with Crippen molar-refractivity contribution in [1.29, 1.82) is 0 Å². The summed E-state index contributed by atoms with van der Waals surface area (Å²) < 4.78 is 0. The lowest BCUT2D eigenvalue weighted by atomic mass is 10.2. The van der Waals surface area contributed by atoms with E-state index in [-0.39, 0.29) is 0 Å². The van der Waals surface area contributed by atoms with Crippen molar-refractivity contribution < 1.29 is 0 Å². The van der Waals surface area contributed by atoms with Crippen molar-refractivity contribution in [3.63, 3.8) is 0 Å². The monoisotopic (exact) mass is 244 g/mol. The Labute approximate surface area is 106 Å². The molecular formula is C13H28N2S. The van der Waals surface area contributed by atoms with Gasteiger partial charge in [-0.2, -0.15) is 11.8 Å². The minimum atomic E-state index is 0.732. The topological polar surface area (TPSA) is 15.3 Å². The highest BCUT2D eigenvalue weighted by Gasteiger charge is 2.24. The number of likely N-dealkylation sites (tertiary alicyclic amines) is 1. The van der Waals surface area contributed by atoms with Crippen LogP contribution in [0.25, 0.3) is 0 Å². The molecule has 1 rings (SSSR count). The molecule has 1 aliphatic rings. The van der Waals surface area contributed by atoms with Crippen molar-refractivity contribution in [3.8, 4) is 0 Å². The van der Waals surface area contributed by atoms with Gasteiger partial charge in [-0.1, -0.05) is 13.8 Å². The molecule has 1 heterocycles. The molecule has 3 heteroatoms. The van der Waals surface area contributed by atoms with Crippen molar-refractivity contribution in [2.24, 2.45) is 5.92 Å². The lowest BCUT2D eigenvalue weighted by Gasteiger charge is -2.13. The second kappa shape index (κ2) is 7.57. The third-order valence-corrected chi connectivity index (χ3v) is 4.72.